The van der Waals surface area contributed by atoms with Crippen LogP contribution in [0.5, 0.6) is 0 Å². The van der Waals surface area contributed by atoms with Gasteiger partial charge in [0.1, 0.15) is 18.9 Å². The van der Waals surface area contributed by atoms with Gasteiger partial charge >= 0.3 is 6.03 Å². The average molecular weight is 931 g/mol. The Morgan fingerprint density at radius 3 is 1.65 bits per heavy atom. The molecule has 15 nitrogen and oxygen atoms in total. The molecule has 0 unspecified atom stereocenters. The number of rotatable bonds is 26. The molecule has 4 amide bonds. The van der Waals surface area contributed by atoms with Crippen LogP contribution in [0.15, 0.2) is 152 Å². The van der Waals surface area contributed by atoms with E-state index < -0.39 is 66.7 Å². The van der Waals surface area contributed by atoms with Gasteiger partial charge in [-0.15, -0.1) is 0 Å². The summed E-state index contributed by atoms with van der Waals surface area (Å²) in [5.41, 5.74) is 15.9. The number of primary amides is 2. The zero-order valence-corrected chi connectivity index (χ0v) is 39.1. The summed E-state index contributed by atoms with van der Waals surface area (Å²) < 4.78 is 32.2. The molecule has 6 rings (SSSR count). The molecule has 0 aliphatic carbocycles. The summed E-state index contributed by atoms with van der Waals surface area (Å²) in [6.07, 6.45) is -4.55. The van der Waals surface area contributed by atoms with Crippen molar-refractivity contribution in [2.24, 2.45) is 11.5 Å². The number of nitrogens with one attached hydrogen (secondary N) is 2. The van der Waals surface area contributed by atoms with E-state index in [0.717, 1.165) is 27.8 Å². The fraction of sp³-hybridized carbons (Fsp3) is 0.377. The zero-order chi connectivity index (χ0) is 48.3. The summed E-state index contributed by atoms with van der Waals surface area (Å²) >= 11 is 0. The van der Waals surface area contributed by atoms with Crippen molar-refractivity contribution in [2.75, 3.05) is 27.1 Å². The third-order valence-corrected chi connectivity index (χ3v) is 11.8. The number of methoxy groups -OCH3 is 1. The van der Waals surface area contributed by atoms with Crippen molar-refractivity contribution >= 4 is 17.8 Å². The number of aliphatic hydroxyl groups excluding tert-OH is 1. The number of benzene rings is 5. The van der Waals surface area contributed by atoms with Gasteiger partial charge in [0.05, 0.1) is 37.5 Å². The summed E-state index contributed by atoms with van der Waals surface area (Å²) in [7, 11) is 1.52. The highest BCUT2D eigenvalue weighted by atomic mass is 16.7. The van der Waals surface area contributed by atoms with Crippen LogP contribution in [-0.4, -0.2) is 108 Å². The van der Waals surface area contributed by atoms with Gasteiger partial charge in [0.2, 0.25) is 5.91 Å². The summed E-state index contributed by atoms with van der Waals surface area (Å²) in [5.74, 6) is -2.78. The highest BCUT2D eigenvalue weighted by Gasteiger charge is 2.47. The second kappa shape index (κ2) is 25.9. The van der Waals surface area contributed by atoms with Crippen LogP contribution < -0.4 is 22.1 Å². The van der Waals surface area contributed by atoms with E-state index in [1.165, 1.54) is 7.11 Å². The third kappa shape index (κ3) is 15.8. The molecule has 362 valence electrons. The van der Waals surface area contributed by atoms with Crippen LogP contribution in [0.4, 0.5) is 4.79 Å². The third-order valence-electron chi connectivity index (χ3n) is 11.8. The van der Waals surface area contributed by atoms with Crippen LogP contribution in [0, 0.1) is 0 Å². The maximum Gasteiger partial charge on any atom is 0.312 e. The first kappa shape index (κ1) is 51.4. The zero-order valence-electron chi connectivity index (χ0n) is 39.1. The van der Waals surface area contributed by atoms with Crippen molar-refractivity contribution in [2.45, 2.75) is 101 Å². The second-order valence-corrected chi connectivity index (χ2v) is 17.4. The van der Waals surface area contributed by atoms with Crippen molar-refractivity contribution in [1.82, 2.24) is 20.4 Å². The van der Waals surface area contributed by atoms with Gasteiger partial charge in [0.15, 0.2) is 11.9 Å². The van der Waals surface area contributed by atoms with E-state index in [4.69, 9.17) is 35.2 Å². The summed E-state index contributed by atoms with van der Waals surface area (Å²) in [5, 5.41) is 18.2. The maximum absolute atomic E-state index is 14.7. The topological polar surface area (TPSA) is 200 Å². The average Bonchev–Trinajstić information content (AvgIpc) is 3.33. The largest absolute Gasteiger partial charge is 0.388 e. The Labute approximate surface area is 399 Å². The monoisotopic (exact) mass is 930 g/mol. The Morgan fingerprint density at radius 1 is 0.721 bits per heavy atom. The van der Waals surface area contributed by atoms with Gasteiger partial charge in [-0.25, -0.2) is 4.79 Å². The van der Waals surface area contributed by atoms with E-state index in [1.807, 2.05) is 141 Å². The highest BCUT2D eigenvalue weighted by Crippen LogP contribution is 2.34. The van der Waals surface area contributed by atoms with E-state index in [-0.39, 0.29) is 25.9 Å². The quantitative estimate of drug-likeness (QED) is 0.0455. The molecule has 68 heavy (non-hydrogen) atoms. The van der Waals surface area contributed by atoms with E-state index in [1.54, 1.807) is 0 Å². The standard InChI is InChI=1S/C53H66N6O9/c1-53(2)67-36-44(58(31-38-19-9-4-10-20-38)32-39-21-11-5-12-22-39)45(68-53)29-46(66-37-64-3)47(59(33-40-23-13-6-14-24-40)34-41-25-15-7-16-26-41)48(60)49(65-35-42-27-17-8-18-28-42)51(62)57-43(50(54)61)30-56-52(55)63/h4-28,43-49,60H,29-37H2,1-3H3,(H2,54,61)(H,57,62)(H3,55,56,63)/t43-,44+,45-,46-,47-,48-,49+/m1/s1. The second-order valence-electron chi connectivity index (χ2n) is 17.4. The summed E-state index contributed by atoms with van der Waals surface area (Å²) in [6.45, 7) is 5.20. The van der Waals surface area contributed by atoms with Crippen LogP contribution in [0.3, 0.4) is 0 Å². The first-order valence-corrected chi connectivity index (χ1v) is 22.9. The molecule has 0 bridgehead atoms. The minimum absolute atomic E-state index is 0.0856. The molecule has 5 aromatic carbocycles. The van der Waals surface area contributed by atoms with Crippen LogP contribution in [-0.2, 0) is 66.1 Å². The van der Waals surface area contributed by atoms with Crippen molar-refractivity contribution < 1.29 is 43.2 Å². The Bertz CT molecular complexity index is 2180. The first-order chi connectivity index (χ1) is 32.9. The lowest BCUT2D eigenvalue weighted by molar-refractivity contribution is -0.302. The Morgan fingerprint density at radius 2 is 1.19 bits per heavy atom. The number of carbonyl (C=O) groups is 3. The predicted octanol–water partition coefficient (Wildman–Crippen LogP) is 5.24. The summed E-state index contributed by atoms with van der Waals surface area (Å²) in [6, 6.07) is 45.6. The van der Waals surface area contributed by atoms with E-state index in [9.17, 15) is 19.5 Å². The lowest BCUT2D eigenvalue weighted by Crippen LogP contribution is -2.63. The van der Waals surface area contributed by atoms with Gasteiger partial charge in [-0.05, 0) is 41.7 Å². The molecule has 1 fully saturated rings. The number of urea groups is 1. The minimum Gasteiger partial charge on any atom is -0.388 e. The lowest BCUT2D eigenvalue weighted by atomic mass is 9.90. The molecule has 15 heteroatoms. The molecule has 0 spiro atoms. The number of hydrogen-bond acceptors (Lipinski definition) is 11. The van der Waals surface area contributed by atoms with Gasteiger partial charge in [-0.3, -0.25) is 19.4 Å². The lowest BCUT2D eigenvalue weighted by Gasteiger charge is -2.48. The van der Waals surface area contributed by atoms with Gasteiger partial charge in [-0.2, -0.15) is 0 Å². The number of aliphatic hydroxyl groups is 1. The molecule has 7 atom stereocenters. The molecule has 0 saturated carbocycles. The van der Waals surface area contributed by atoms with Gasteiger partial charge in [0, 0.05) is 46.3 Å². The smallest absolute Gasteiger partial charge is 0.312 e. The molecule has 0 radical (unpaired) electrons. The summed E-state index contributed by atoms with van der Waals surface area (Å²) in [4.78, 5) is 43.6. The van der Waals surface area contributed by atoms with Crippen LogP contribution in [0.1, 0.15) is 48.1 Å². The van der Waals surface area contributed by atoms with Gasteiger partial charge in [-0.1, -0.05) is 152 Å². The maximum atomic E-state index is 14.7. The van der Waals surface area contributed by atoms with Crippen LogP contribution in [0.2, 0.25) is 0 Å². The molecular formula is C53H66N6O9. The SMILES string of the molecule is COCO[C@H](C[C@H]1OC(C)(C)OC[C@@H]1N(Cc1ccccc1)Cc1ccccc1)[C@H]([C@@H](O)[C@H](OCc1ccccc1)C(=O)N[C@H](CNC(N)=O)C(N)=O)N(Cc1ccccc1)Cc1ccccc1. The minimum atomic E-state index is -1.65. The Kier molecular flexibility index (Phi) is 19.6. The van der Waals surface area contributed by atoms with Crippen molar-refractivity contribution in [1.29, 1.82) is 0 Å². The number of carbonyl (C=O) groups excluding carboxylic acids is 3. The fourth-order valence-electron chi connectivity index (χ4n) is 8.55. The number of ether oxygens (including phenoxy) is 5. The normalized spacial score (nSPS) is 18.0. The van der Waals surface area contributed by atoms with E-state index in [2.05, 4.69) is 44.7 Å². The molecule has 1 aliphatic heterocycles. The Hall–Kier alpha value is -6.01. The first-order valence-electron chi connectivity index (χ1n) is 22.9. The van der Waals surface area contributed by atoms with Crippen molar-refractivity contribution in [3.05, 3.63) is 179 Å². The van der Waals surface area contributed by atoms with Crippen LogP contribution >= 0.6 is 0 Å². The molecule has 0 aromatic heterocycles. The fourth-order valence-corrected chi connectivity index (χ4v) is 8.55. The van der Waals surface area contributed by atoms with Gasteiger partial charge in [0.25, 0.3) is 5.91 Å². The number of amides is 4. The number of hydrogen-bond donors (Lipinski definition) is 5. The van der Waals surface area contributed by atoms with Crippen LogP contribution in [0.25, 0.3) is 0 Å². The van der Waals surface area contributed by atoms with E-state index in [0.29, 0.717) is 32.8 Å². The number of nitrogens with two attached hydrogens (primary N) is 2. The highest BCUT2D eigenvalue weighted by molar-refractivity contribution is 5.89. The molecule has 7 N–H and O–H groups in total. The molecular weight excluding hydrogens is 865 g/mol. The van der Waals surface area contributed by atoms with Crippen molar-refractivity contribution in [3.63, 3.8) is 0 Å². The van der Waals surface area contributed by atoms with E-state index >= 15 is 0 Å². The van der Waals surface area contributed by atoms with Crippen molar-refractivity contribution in [3.8, 4) is 0 Å². The molecule has 1 saturated heterocycles. The molecule has 1 aliphatic rings. The van der Waals surface area contributed by atoms with Gasteiger partial charge < -0.3 is 50.9 Å². The molecule has 1 heterocycles. The predicted molar refractivity (Wildman–Crippen MR) is 258 cm³/mol. The number of nitrogens with zero attached hydrogens (tertiary/aromatic N) is 2. The molecule has 5 aromatic rings. The Balaban J connectivity index is 1.48.